The number of carbonyl (C=O) groups is 1. The van der Waals surface area contributed by atoms with Gasteiger partial charge in [-0.15, -0.1) is 0 Å². The van der Waals surface area contributed by atoms with Gasteiger partial charge < -0.3 is 9.90 Å². The Morgan fingerprint density at radius 1 is 0.605 bits per heavy atom. The zero-order chi connectivity index (χ0) is 30.6. The number of hydrogen-bond donors (Lipinski definition) is 0. The highest BCUT2D eigenvalue weighted by Gasteiger charge is 2.46. The summed E-state index contributed by atoms with van der Waals surface area (Å²) in [5.74, 6) is -1.09. The topological polar surface area (TPSA) is 40.1 Å². The van der Waals surface area contributed by atoms with Gasteiger partial charge >= 0.3 is 0 Å². The zero-order valence-corrected chi connectivity index (χ0v) is 26.8. The molecule has 2 nitrogen and oxygen atoms in total. The van der Waals surface area contributed by atoms with Crippen molar-refractivity contribution in [3.8, 4) is 11.1 Å². The maximum absolute atomic E-state index is 12.7. The van der Waals surface area contributed by atoms with Crippen molar-refractivity contribution in [2.75, 3.05) is 0 Å². The predicted octanol–water partition coefficient (Wildman–Crippen LogP) is 9.58. The minimum Gasteiger partial charge on any atom is -0.545 e. The number of benzene rings is 4. The lowest BCUT2D eigenvalue weighted by molar-refractivity contribution is -0.255. The number of carboxylic acid groups (broad SMARTS) is 1. The van der Waals surface area contributed by atoms with Crippen molar-refractivity contribution in [2.24, 2.45) is 0 Å². The summed E-state index contributed by atoms with van der Waals surface area (Å²) in [5, 5.41) is 12.7. The van der Waals surface area contributed by atoms with E-state index in [0.717, 1.165) is 43.2 Å². The van der Waals surface area contributed by atoms with Crippen LogP contribution in [0.25, 0.3) is 11.1 Å². The molecule has 0 aromatic heterocycles. The highest BCUT2D eigenvalue weighted by molar-refractivity contribution is 5.90. The van der Waals surface area contributed by atoms with Crippen molar-refractivity contribution in [2.45, 2.75) is 104 Å². The van der Waals surface area contributed by atoms with Gasteiger partial charge in [-0.3, -0.25) is 0 Å². The fraction of sp³-hybridized carbons (Fsp3) is 0.390. The Bertz CT molecular complexity index is 1560. The highest BCUT2D eigenvalue weighted by Crippen LogP contribution is 2.57. The van der Waals surface area contributed by atoms with E-state index < -0.39 is 11.4 Å². The van der Waals surface area contributed by atoms with Crippen LogP contribution in [0.4, 0.5) is 0 Å². The Hall–Kier alpha value is -3.65. The predicted molar refractivity (Wildman–Crippen MR) is 178 cm³/mol. The second kappa shape index (κ2) is 13.3. The molecule has 0 aliphatic heterocycles. The lowest BCUT2D eigenvalue weighted by atomic mass is 9.66. The Morgan fingerprint density at radius 3 is 1.63 bits per heavy atom. The van der Waals surface area contributed by atoms with Gasteiger partial charge in [-0.1, -0.05) is 130 Å². The number of aromatic carboxylic acids is 1. The number of carboxylic acids is 1. The molecule has 1 aliphatic carbocycles. The molecular formula is C41H47O2-. The van der Waals surface area contributed by atoms with E-state index in [1.54, 1.807) is 0 Å². The number of fused-ring (bicyclic) bond motifs is 3. The molecule has 0 fully saturated rings. The number of aryl methyl sites for hydroxylation is 5. The van der Waals surface area contributed by atoms with Gasteiger partial charge in [-0.2, -0.15) is 0 Å². The summed E-state index contributed by atoms with van der Waals surface area (Å²) < 4.78 is 0. The van der Waals surface area contributed by atoms with Crippen molar-refractivity contribution in [3.05, 3.63) is 128 Å². The normalized spacial score (nSPS) is 13.1. The van der Waals surface area contributed by atoms with Crippen LogP contribution in [-0.4, -0.2) is 5.97 Å². The molecule has 0 bridgehead atoms. The highest BCUT2D eigenvalue weighted by atomic mass is 16.4. The molecule has 2 heteroatoms. The molecule has 0 saturated carbocycles. The number of hydrogen-bond acceptors (Lipinski definition) is 2. The molecule has 43 heavy (non-hydrogen) atoms. The first-order chi connectivity index (χ1) is 20.8. The zero-order valence-electron chi connectivity index (χ0n) is 26.8. The largest absolute Gasteiger partial charge is 0.545 e. The third kappa shape index (κ3) is 5.94. The Labute approximate surface area is 259 Å². The van der Waals surface area contributed by atoms with Gasteiger partial charge in [0.1, 0.15) is 0 Å². The molecule has 0 spiro atoms. The van der Waals surface area contributed by atoms with E-state index in [1.165, 1.54) is 82.2 Å². The minimum atomic E-state index is -1.09. The van der Waals surface area contributed by atoms with Crippen molar-refractivity contribution in [3.63, 3.8) is 0 Å². The van der Waals surface area contributed by atoms with E-state index in [1.807, 2.05) is 6.07 Å². The van der Waals surface area contributed by atoms with Crippen LogP contribution in [-0.2, 0) is 18.3 Å². The molecule has 4 aromatic rings. The Balaban J connectivity index is 1.74. The van der Waals surface area contributed by atoms with Crippen LogP contribution in [0.15, 0.2) is 72.8 Å². The van der Waals surface area contributed by atoms with Gasteiger partial charge in [-0.05, 0) is 103 Å². The molecule has 0 saturated heterocycles. The Morgan fingerprint density at radius 2 is 1.12 bits per heavy atom. The lowest BCUT2D eigenvalue weighted by Crippen LogP contribution is -2.31. The maximum Gasteiger partial charge on any atom is 0.0718 e. The summed E-state index contributed by atoms with van der Waals surface area (Å²) in [6.45, 7) is 11.0. The van der Waals surface area contributed by atoms with Crippen molar-refractivity contribution < 1.29 is 9.90 Å². The second-order valence-electron chi connectivity index (χ2n) is 12.8. The second-order valence-corrected chi connectivity index (χ2v) is 12.8. The van der Waals surface area contributed by atoms with Crippen LogP contribution >= 0.6 is 0 Å². The summed E-state index contributed by atoms with van der Waals surface area (Å²) in [7, 11) is 0. The SMILES string of the molecule is CCCCCCc1ccc(C2(c3ccc(CCCCCC)c(C(=O)[O-])c3)c3cc(C)ccc3-c3ccc(C)cc32)cc1C. The molecule has 0 amide bonds. The van der Waals surface area contributed by atoms with E-state index in [0.29, 0.717) is 5.56 Å². The number of rotatable bonds is 13. The van der Waals surface area contributed by atoms with Crippen LogP contribution in [0.3, 0.4) is 0 Å². The molecular weight excluding hydrogens is 524 g/mol. The van der Waals surface area contributed by atoms with E-state index in [4.69, 9.17) is 0 Å². The molecule has 1 aliphatic rings. The molecule has 224 valence electrons. The van der Waals surface area contributed by atoms with Crippen LogP contribution in [0.5, 0.6) is 0 Å². The third-order valence-corrected chi connectivity index (χ3v) is 9.59. The minimum absolute atomic E-state index is 0.327. The van der Waals surface area contributed by atoms with Gasteiger partial charge in [0, 0.05) is 5.56 Å². The standard InChI is InChI=1S/C41H48O2/c1-6-8-10-12-14-31-18-20-33(26-30(31)5)41(34-21-19-32(15-13-11-9-7-2)37(27-34)40(42)43)38-24-28(3)16-22-35(38)36-23-17-29(4)25-39(36)41/h16-27H,6-15H2,1-5H3,(H,42,43)/p-1. The number of carbonyl (C=O) groups excluding carboxylic acids is 1. The van der Waals surface area contributed by atoms with E-state index in [-0.39, 0.29) is 0 Å². The van der Waals surface area contributed by atoms with Crippen LogP contribution in [0, 0.1) is 20.8 Å². The molecule has 0 radical (unpaired) electrons. The van der Waals surface area contributed by atoms with Crippen LogP contribution in [0.1, 0.15) is 126 Å². The fourth-order valence-electron chi connectivity index (χ4n) is 7.25. The summed E-state index contributed by atoms with van der Waals surface area (Å²) >= 11 is 0. The van der Waals surface area contributed by atoms with Gasteiger partial charge in [0.2, 0.25) is 0 Å². The smallest absolute Gasteiger partial charge is 0.0718 e. The third-order valence-electron chi connectivity index (χ3n) is 9.59. The molecule has 0 atom stereocenters. The first-order valence-electron chi connectivity index (χ1n) is 16.5. The van der Waals surface area contributed by atoms with Crippen molar-refractivity contribution in [1.82, 2.24) is 0 Å². The van der Waals surface area contributed by atoms with Gasteiger partial charge in [0.15, 0.2) is 0 Å². The molecule has 0 heterocycles. The van der Waals surface area contributed by atoms with Crippen molar-refractivity contribution in [1.29, 1.82) is 0 Å². The Kier molecular flexibility index (Phi) is 9.55. The fourth-order valence-corrected chi connectivity index (χ4v) is 7.25. The van der Waals surface area contributed by atoms with Gasteiger partial charge in [-0.25, -0.2) is 0 Å². The van der Waals surface area contributed by atoms with E-state index >= 15 is 0 Å². The van der Waals surface area contributed by atoms with Crippen LogP contribution < -0.4 is 5.11 Å². The van der Waals surface area contributed by atoms with E-state index in [2.05, 4.69) is 101 Å². The maximum atomic E-state index is 12.7. The summed E-state index contributed by atoms with van der Waals surface area (Å²) in [5.41, 5.74) is 12.8. The summed E-state index contributed by atoms with van der Waals surface area (Å²) in [6, 6.07) is 26.7. The van der Waals surface area contributed by atoms with Crippen molar-refractivity contribution >= 4 is 5.97 Å². The molecule has 0 unspecified atom stereocenters. The first kappa shape index (κ1) is 30.8. The first-order valence-corrected chi connectivity index (χ1v) is 16.5. The number of unbranched alkanes of at least 4 members (excludes halogenated alkanes) is 6. The van der Waals surface area contributed by atoms with E-state index in [9.17, 15) is 9.90 Å². The molecule has 0 N–H and O–H groups in total. The lowest BCUT2D eigenvalue weighted by Gasteiger charge is -2.35. The van der Waals surface area contributed by atoms with Gasteiger partial charge in [0.05, 0.1) is 11.4 Å². The molecule has 5 rings (SSSR count). The average molecular weight is 572 g/mol. The average Bonchev–Trinajstić information content (AvgIpc) is 3.27. The summed E-state index contributed by atoms with van der Waals surface area (Å²) in [6.07, 6.45) is 11.3. The monoisotopic (exact) mass is 571 g/mol. The molecule has 4 aromatic carbocycles. The van der Waals surface area contributed by atoms with Gasteiger partial charge in [0.25, 0.3) is 0 Å². The van der Waals surface area contributed by atoms with Crippen LogP contribution in [0.2, 0.25) is 0 Å². The quantitative estimate of drug-likeness (QED) is 0.132. The summed E-state index contributed by atoms with van der Waals surface area (Å²) in [4.78, 5) is 12.7.